The highest BCUT2D eigenvalue weighted by atomic mass is 35.5. The lowest BCUT2D eigenvalue weighted by Crippen LogP contribution is -2.13. The fraction of sp³-hybridized carbons (Fsp3) is 0.250. The van der Waals surface area contributed by atoms with Crippen LogP contribution in [0.5, 0.6) is 0 Å². The van der Waals surface area contributed by atoms with Crippen molar-refractivity contribution in [3.05, 3.63) is 71.0 Å². The summed E-state index contributed by atoms with van der Waals surface area (Å²) in [5.41, 5.74) is 8.98. The lowest BCUT2D eigenvalue weighted by molar-refractivity contribution is 0.102. The molecular formula is C24H25ClFN7O. The van der Waals surface area contributed by atoms with E-state index in [4.69, 9.17) is 17.3 Å². The van der Waals surface area contributed by atoms with Gasteiger partial charge < -0.3 is 20.9 Å². The number of rotatable bonds is 9. The number of imidazole rings is 1. The lowest BCUT2D eigenvalue weighted by Gasteiger charge is -2.10. The first-order chi connectivity index (χ1) is 16.4. The predicted molar refractivity (Wildman–Crippen MR) is 133 cm³/mol. The quantitative estimate of drug-likeness (QED) is 0.174. The topological polar surface area (TPSA) is 111 Å². The van der Waals surface area contributed by atoms with Gasteiger partial charge in [0.2, 0.25) is 5.28 Å². The van der Waals surface area contributed by atoms with Crippen LogP contribution in [0.1, 0.15) is 42.1 Å². The van der Waals surface area contributed by atoms with E-state index >= 15 is 0 Å². The minimum atomic E-state index is -0.460. The Bertz CT molecular complexity index is 1310. The molecule has 0 aliphatic rings. The summed E-state index contributed by atoms with van der Waals surface area (Å²) >= 11 is 6.16. The Hall–Kier alpha value is -3.72. The Kier molecular flexibility index (Phi) is 7.22. The molecule has 4 aromatic rings. The molecule has 8 nitrogen and oxygen atoms in total. The van der Waals surface area contributed by atoms with E-state index in [0.717, 1.165) is 37.4 Å². The van der Waals surface area contributed by atoms with Gasteiger partial charge in [-0.15, -0.1) is 0 Å². The van der Waals surface area contributed by atoms with E-state index in [2.05, 4.69) is 32.5 Å². The largest absolute Gasteiger partial charge is 0.397 e. The fourth-order valence-electron chi connectivity index (χ4n) is 3.54. The number of halogens is 2. The maximum Gasteiger partial charge on any atom is 0.255 e. The van der Waals surface area contributed by atoms with E-state index in [9.17, 15) is 9.18 Å². The Labute approximate surface area is 201 Å². The summed E-state index contributed by atoms with van der Waals surface area (Å²) in [6.07, 6.45) is 5.00. The van der Waals surface area contributed by atoms with E-state index in [1.54, 1.807) is 18.5 Å². The van der Waals surface area contributed by atoms with Crippen molar-refractivity contribution < 1.29 is 9.18 Å². The molecule has 4 N–H and O–H groups in total. The monoisotopic (exact) mass is 481 g/mol. The van der Waals surface area contributed by atoms with Crippen molar-refractivity contribution in [1.82, 2.24) is 19.5 Å². The number of nitrogen functional groups attached to an aromatic ring is 1. The molecule has 0 fully saturated rings. The first-order valence-electron chi connectivity index (χ1n) is 11.0. The molecule has 34 heavy (non-hydrogen) atoms. The number of hydrogen-bond donors (Lipinski definition) is 3. The summed E-state index contributed by atoms with van der Waals surface area (Å²) in [6.45, 7) is 3.43. The van der Waals surface area contributed by atoms with Gasteiger partial charge in [-0.1, -0.05) is 31.9 Å². The minimum Gasteiger partial charge on any atom is -0.397 e. The van der Waals surface area contributed by atoms with Crippen LogP contribution in [0, 0.1) is 5.82 Å². The van der Waals surface area contributed by atoms with Crippen molar-refractivity contribution in [2.45, 2.75) is 32.7 Å². The molecule has 0 aliphatic heterocycles. The van der Waals surface area contributed by atoms with Crippen molar-refractivity contribution >= 4 is 45.9 Å². The van der Waals surface area contributed by atoms with Crippen LogP contribution >= 0.6 is 11.6 Å². The molecule has 0 atom stereocenters. The Morgan fingerprint density at radius 1 is 1.15 bits per heavy atom. The van der Waals surface area contributed by atoms with Crippen LogP contribution in [0.2, 0.25) is 5.28 Å². The Balaban J connectivity index is 1.47. The van der Waals surface area contributed by atoms with Crippen molar-refractivity contribution in [3.8, 4) is 0 Å². The number of nitrogens with two attached hydrogens (primary N) is 1. The highest BCUT2D eigenvalue weighted by Crippen LogP contribution is 2.23. The average Bonchev–Trinajstić information content (AvgIpc) is 3.21. The van der Waals surface area contributed by atoms with Crippen LogP contribution in [-0.4, -0.2) is 32.0 Å². The predicted octanol–water partition coefficient (Wildman–Crippen LogP) is 5.10. The van der Waals surface area contributed by atoms with E-state index in [1.165, 1.54) is 12.1 Å². The van der Waals surface area contributed by atoms with Crippen molar-refractivity contribution in [3.63, 3.8) is 0 Å². The molecule has 0 spiro atoms. The van der Waals surface area contributed by atoms with E-state index in [-0.39, 0.29) is 16.9 Å². The van der Waals surface area contributed by atoms with Crippen LogP contribution in [0.25, 0.3) is 11.2 Å². The van der Waals surface area contributed by atoms with Gasteiger partial charge >= 0.3 is 0 Å². The summed E-state index contributed by atoms with van der Waals surface area (Å²) in [7, 11) is 0. The van der Waals surface area contributed by atoms with Crippen LogP contribution < -0.4 is 16.4 Å². The van der Waals surface area contributed by atoms with E-state index < -0.39 is 5.82 Å². The molecule has 2 aromatic heterocycles. The molecule has 1 amide bonds. The van der Waals surface area contributed by atoms with Crippen LogP contribution in [0.3, 0.4) is 0 Å². The summed E-state index contributed by atoms with van der Waals surface area (Å²) in [4.78, 5) is 25.7. The second-order valence-electron chi connectivity index (χ2n) is 7.90. The molecule has 2 heterocycles. The van der Waals surface area contributed by atoms with E-state index in [1.807, 2.05) is 16.7 Å². The van der Waals surface area contributed by atoms with Gasteiger partial charge in [0.25, 0.3) is 5.91 Å². The number of nitrogens with one attached hydrogen (secondary N) is 2. The van der Waals surface area contributed by atoms with Gasteiger partial charge in [0.1, 0.15) is 5.82 Å². The third-order valence-electron chi connectivity index (χ3n) is 5.34. The zero-order chi connectivity index (χ0) is 24.1. The van der Waals surface area contributed by atoms with Gasteiger partial charge in [-0.05, 0) is 53.9 Å². The third-order valence-corrected chi connectivity index (χ3v) is 5.51. The van der Waals surface area contributed by atoms with Crippen molar-refractivity contribution in [1.29, 1.82) is 0 Å². The highest BCUT2D eigenvalue weighted by molar-refractivity contribution is 6.28. The second kappa shape index (κ2) is 10.5. The summed E-state index contributed by atoms with van der Waals surface area (Å²) < 4.78 is 15.1. The standard InChI is InChI=1S/C24H25ClFN7O/c1-2-3-4-11-28-21-20-22(32-24(25)31-21)33(14-29-20)13-15-5-7-16(8-6-15)23(34)30-19-10-9-17(26)12-18(19)27/h5-10,12,14H,2-4,11,13,27H2,1H3,(H,30,34)(H,28,31,32). The first-order valence-corrected chi connectivity index (χ1v) is 11.4. The molecule has 0 saturated heterocycles. The van der Waals surface area contributed by atoms with Crippen LogP contribution in [-0.2, 0) is 6.54 Å². The van der Waals surface area contributed by atoms with Gasteiger partial charge in [0, 0.05) is 12.1 Å². The maximum atomic E-state index is 13.2. The molecule has 2 aromatic carbocycles. The lowest BCUT2D eigenvalue weighted by atomic mass is 10.1. The number of hydrogen-bond acceptors (Lipinski definition) is 6. The van der Waals surface area contributed by atoms with Crippen LogP contribution in [0.15, 0.2) is 48.8 Å². The molecule has 10 heteroatoms. The number of nitrogens with zero attached hydrogens (tertiary/aromatic N) is 4. The highest BCUT2D eigenvalue weighted by Gasteiger charge is 2.14. The SMILES string of the molecule is CCCCCNc1nc(Cl)nc2c1ncn2Cc1ccc(C(=O)Nc2ccc(F)cc2N)cc1. The van der Waals surface area contributed by atoms with Gasteiger partial charge in [-0.2, -0.15) is 9.97 Å². The number of aromatic nitrogens is 4. The summed E-state index contributed by atoms with van der Waals surface area (Å²) in [6, 6.07) is 11.0. The fourth-order valence-corrected chi connectivity index (χ4v) is 3.70. The number of carbonyl (C=O) groups is 1. The van der Waals surface area contributed by atoms with Crippen molar-refractivity contribution in [2.24, 2.45) is 0 Å². The summed E-state index contributed by atoms with van der Waals surface area (Å²) in [5, 5.41) is 6.15. The maximum absolute atomic E-state index is 13.2. The number of amides is 1. The minimum absolute atomic E-state index is 0.152. The number of anilines is 3. The molecule has 176 valence electrons. The second-order valence-corrected chi connectivity index (χ2v) is 8.24. The average molecular weight is 482 g/mol. The molecule has 0 saturated carbocycles. The van der Waals surface area contributed by atoms with Crippen molar-refractivity contribution in [2.75, 3.05) is 22.9 Å². The number of fused-ring (bicyclic) bond motifs is 1. The smallest absolute Gasteiger partial charge is 0.255 e. The molecule has 0 unspecified atom stereocenters. The zero-order valence-corrected chi connectivity index (χ0v) is 19.4. The van der Waals surface area contributed by atoms with Gasteiger partial charge in [0.05, 0.1) is 24.2 Å². The molecular weight excluding hydrogens is 457 g/mol. The molecule has 0 bridgehead atoms. The van der Waals surface area contributed by atoms with E-state index in [0.29, 0.717) is 34.8 Å². The van der Waals surface area contributed by atoms with Crippen LogP contribution in [0.4, 0.5) is 21.6 Å². The molecule has 0 aliphatic carbocycles. The Morgan fingerprint density at radius 3 is 2.68 bits per heavy atom. The zero-order valence-electron chi connectivity index (χ0n) is 18.7. The normalized spacial score (nSPS) is 11.0. The third kappa shape index (κ3) is 5.43. The molecule has 0 radical (unpaired) electrons. The van der Waals surface area contributed by atoms with Gasteiger partial charge in [-0.3, -0.25) is 4.79 Å². The first kappa shape index (κ1) is 23.4. The number of benzene rings is 2. The van der Waals surface area contributed by atoms with Gasteiger partial charge in [-0.25, -0.2) is 9.37 Å². The number of carbonyl (C=O) groups excluding carboxylic acids is 1. The van der Waals surface area contributed by atoms with Gasteiger partial charge in [0.15, 0.2) is 17.0 Å². The summed E-state index contributed by atoms with van der Waals surface area (Å²) in [5.74, 6) is -0.175. The molecule has 4 rings (SSSR count). The number of unbranched alkanes of at least 4 members (excludes halogenated alkanes) is 2. The Morgan fingerprint density at radius 2 is 1.94 bits per heavy atom.